The minimum absolute atomic E-state index is 0.170. The summed E-state index contributed by atoms with van der Waals surface area (Å²) in [6, 6.07) is 6.10. The lowest BCUT2D eigenvalue weighted by atomic mass is 9.82. The number of hydrogen-bond acceptors (Lipinski definition) is 44. The molecule has 41 atom stereocenters. The monoisotopic (exact) mass is 1560 g/mol. The van der Waals surface area contributed by atoms with Crippen LogP contribution in [0.15, 0.2) is 35.9 Å². The Hall–Kier alpha value is -3.44. The van der Waals surface area contributed by atoms with Gasteiger partial charge in [-0.15, -0.1) is 0 Å². The van der Waals surface area contributed by atoms with Crippen molar-refractivity contribution in [1.29, 1.82) is 0 Å². The van der Waals surface area contributed by atoms with Crippen LogP contribution < -0.4 is 10.1 Å². The first-order valence-electron chi connectivity index (χ1n) is 34.5. The van der Waals surface area contributed by atoms with Gasteiger partial charge in [0.05, 0.1) is 52.9 Å². The normalized spacial score (nSPS) is 48.4. The van der Waals surface area contributed by atoms with E-state index in [4.69, 9.17) is 85.3 Å². The van der Waals surface area contributed by atoms with Crippen LogP contribution in [0.5, 0.6) is 5.75 Å². The van der Waals surface area contributed by atoms with Crippen LogP contribution >= 0.6 is 0 Å². The highest BCUT2D eigenvalue weighted by atomic mass is 16.8. The molecule has 0 spiro atoms. The highest BCUT2D eigenvalue weighted by Crippen LogP contribution is 2.41. The topological polar surface area (TPSA) is 684 Å². The van der Waals surface area contributed by atoms with Gasteiger partial charge in [0.1, 0.15) is 201 Å². The third kappa shape index (κ3) is 17.6. The van der Waals surface area contributed by atoms with E-state index in [0.29, 0.717) is 6.42 Å². The lowest BCUT2D eigenvalue weighted by Gasteiger charge is -2.50. The fraction of sp³-hybridized carbons (Fsp3) is 0.873. The standard InChI is InChI=1S/C63H101NO43/c1-63(2)28(64-54(89)53(63)88)9-18-5-7-19(8-6-18)92-55-37(81)30(74)50(26(16-71)94-55)107-62-52(91-4)43(87)51(27(17-72)100-62)106-61-42(86)35(79)49(25(15-70)99-61)105-60-41(85)34(78)48(24(14-69)98-60)104-59-40(84)33(77)47(23(13-68)97-59)103-58-39(83)32(76)46(22(12-67)96-58)102-57-38(82)31(75)45(21(11-66)95-57)101-56-36(80)29(73)44(90-3)20(10-65)93-56/h5-8,20-52,55-62,64-89H,9-17H2,1-4H3. The van der Waals surface area contributed by atoms with E-state index in [2.05, 4.69) is 5.32 Å². The van der Waals surface area contributed by atoms with E-state index in [1.54, 1.807) is 38.1 Å². The Kier molecular flexibility index (Phi) is 29.6. The summed E-state index contributed by atoms with van der Waals surface area (Å²) < 4.78 is 103. The molecule has 0 aliphatic carbocycles. The summed E-state index contributed by atoms with van der Waals surface area (Å²) in [5, 5.41) is 276. The van der Waals surface area contributed by atoms with Crippen LogP contribution in [0, 0.1) is 5.41 Å². The Balaban J connectivity index is 0.709. The molecule has 44 heteroatoms. The summed E-state index contributed by atoms with van der Waals surface area (Å²) >= 11 is 0. The van der Waals surface area contributed by atoms with E-state index in [-0.39, 0.29) is 23.4 Å². The van der Waals surface area contributed by atoms with Crippen LogP contribution in [0.2, 0.25) is 0 Å². The number of rotatable bonds is 28. The number of aliphatic hydroxyl groups is 25. The molecular formula is C63H101NO43. The number of benzene rings is 1. The molecule has 9 aliphatic heterocycles. The predicted molar refractivity (Wildman–Crippen MR) is 336 cm³/mol. The van der Waals surface area contributed by atoms with E-state index >= 15 is 0 Å². The zero-order valence-corrected chi connectivity index (χ0v) is 57.9. The van der Waals surface area contributed by atoms with Crippen molar-refractivity contribution >= 4 is 0 Å². The molecule has 1 aromatic carbocycles. The Bertz CT molecular complexity index is 2920. The van der Waals surface area contributed by atoms with Crippen molar-refractivity contribution in [3.63, 3.8) is 0 Å². The Morgan fingerprint density at radius 1 is 0.308 bits per heavy atom. The van der Waals surface area contributed by atoms with Gasteiger partial charge in [0.2, 0.25) is 12.2 Å². The van der Waals surface area contributed by atoms with Crippen LogP contribution in [0.25, 0.3) is 0 Å². The lowest BCUT2D eigenvalue weighted by molar-refractivity contribution is -0.399. The Morgan fingerprint density at radius 2 is 0.542 bits per heavy atom. The molecular weight excluding hydrogens is 1460 g/mol. The van der Waals surface area contributed by atoms with Crippen molar-refractivity contribution in [2.75, 3.05) is 67.1 Å². The van der Waals surface area contributed by atoms with E-state index < -0.39 is 304 Å². The maximum atomic E-state index is 11.8. The largest absolute Gasteiger partial charge is 0.506 e. The van der Waals surface area contributed by atoms with Gasteiger partial charge in [-0.1, -0.05) is 26.0 Å². The maximum Gasteiger partial charge on any atom is 0.229 e. The molecule has 0 aromatic heterocycles. The Labute approximate surface area is 608 Å². The minimum atomic E-state index is -2.27. The molecule has 616 valence electrons. The van der Waals surface area contributed by atoms with Gasteiger partial charge in [0.15, 0.2) is 49.8 Å². The molecule has 9 aliphatic rings. The molecule has 107 heavy (non-hydrogen) atoms. The van der Waals surface area contributed by atoms with Crippen LogP contribution in [0.1, 0.15) is 19.4 Å². The minimum Gasteiger partial charge on any atom is -0.506 e. The number of aliphatic hydroxyl groups excluding tert-OH is 25. The SMILES string of the molecule is COC1C(CO)OC(OC2C(CO)OC(OC3C(CO)OC(OC4C(CO)OC(OC5C(CO)OC(OC6C(CO)OC(OC7C(CO)OC(OC8C(CO)OC(Oc9ccc(CC%10NC(O)=C(O)C%10(C)C)cc9)C(O)C8O)C(OC)C7O)C(O)C6O)C(O)C5O)C(O)C4O)C(O)C3O)C(O)C2O)C(O)C1O. The fourth-order valence-corrected chi connectivity index (χ4v) is 14.4. The van der Waals surface area contributed by atoms with Gasteiger partial charge >= 0.3 is 0 Å². The maximum absolute atomic E-state index is 11.8. The summed E-state index contributed by atoms with van der Waals surface area (Å²) in [7, 11) is 2.27. The smallest absolute Gasteiger partial charge is 0.229 e. The first-order chi connectivity index (χ1) is 50.9. The number of nitrogens with one attached hydrogen (secondary N) is 1. The average Bonchev–Trinajstić information content (AvgIpc) is 1.78. The molecule has 0 radical (unpaired) electrons. The molecule has 8 fully saturated rings. The van der Waals surface area contributed by atoms with E-state index in [9.17, 15) is 128 Å². The first-order valence-corrected chi connectivity index (χ1v) is 34.5. The predicted octanol–water partition coefficient (Wildman–Crippen LogP) is -14.2. The van der Waals surface area contributed by atoms with Crippen molar-refractivity contribution in [3.8, 4) is 5.75 Å². The zero-order valence-electron chi connectivity index (χ0n) is 57.9. The van der Waals surface area contributed by atoms with E-state index in [1.165, 1.54) is 7.11 Å². The lowest BCUT2D eigenvalue weighted by Crippen LogP contribution is -2.68. The third-order valence-corrected chi connectivity index (χ3v) is 20.8. The third-order valence-electron chi connectivity index (χ3n) is 20.8. The van der Waals surface area contributed by atoms with Crippen LogP contribution in [0.4, 0.5) is 0 Å². The molecule has 1 aromatic rings. The summed E-state index contributed by atoms with van der Waals surface area (Å²) in [6.45, 7) is -4.29. The number of hydrogen-bond donors (Lipinski definition) is 26. The quantitative estimate of drug-likeness (QED) is 0.0370. The van der Waals surface area contributed by atoms with Crippen molar-refractivity contribution < 1.29 is 213 Å². The highest BCUT2D eigenvalue weighted by molar-refractivity contribution is 5.30. The molecule has 10 rings (SSSR count). The fourth-order valence-electron chi connectivity index (χ4n) is 14.4. The second kappa shape index (κ2) is 36.8. The van der Waals surface area contributed by atoms with E-state index in [0.717, 1.165) is 12.7 Å². The van der Waals surface area contributed by atoms with Crippen molar-refractivity contribution in [2.24, 2.45) is 5.41 Å². The summed E-state index contributed by atoms with van der Waals surface area (Å²) in [4.78, 5) is 0. The van der Waals surface area contributed by atoms with Gasteiger partial charge in [-0.3, -0.25) is 0 Å². The van der Waals surface area contributed by atoms with Gasteiger partial charge in [0.25, 0.3) is 0 Å². The summed E-state index contributed by atoms with van der Waals surface area (Å²) in [6.07, 6.45) is -74.9. The first kappa shape index (κ1) is 86.0. The molecule has 0 saturated carbocycles. The summed E-state index contributed by atoms with van der Waals surface area (Å²) in [5.41, 5.74) is -0.0126. The molecule has 0 amide bonds. The van der Waals surface area contributed by atoms with Crippen molar-refractivity contribution in [1.82, 2.24) is 5.32 Å². The molecule has 26 N–H and O–H groups in total. The molecule has 8 saturated heterocycles. The van der Waals surface area contributed by atoms with Gasteiger partial charge in [-0.05, 0) is 24.1 Å². The van der Waals surface area contributed by atoms with Crippen LogP contribution in [0.3, 0.4) is 0 Å². The molecule has 0 bridgehead atoms. The number of methoxy groups -OCH3 is 2. The van der Waals surface area contributed by atoms with Crippen LogP contribution in [-0.2, 0) is 86.9 Å². The molecule has 9 heterocycles. The molecule has 41 unspecified atom stereocenters. The average molecular weight is 1560 g/mol. The summed E-state index contributed by atoms with van der Waals surface area (Å²) in [5.74, 6) is -0.332. The van der Waals surface area contributed by atoms with Crippen molar-refractivity contribution in [3.05, 3.63) is 41.5 Å². The van der Waals surface area contributed by atoms with Gasteiger partial charge in [0, 0.05) is 25.7 Å². The highest BCUT2D eigenvalue weighted by Gasteiger charge is 2.60. The van der Waals surface area contributed by atoms with Crippen molar-refractivity contribution in [2.45, 2.75) is 272 Å². The second-order valence-electron chi connectivity index (χ2n) is 27.9. The number of ether oxygens (including phenoxy) is 18. The Morgan fingerprint density at radius 3 is 0.804 bits per heavy atom. The zero-order chi connectivity index (χ0) is 78.1. The van der Waals surface area contributed by atoms with Gasteiger partial charge in [-0.25, -0.2) is 0 Å². The van der Waals surface area contributed by atoms with E-state index in [1.807, 2.05) is 0 Å². The van der Waals surface area contributed by atoms with Crippen LogP contribution in [-0.4, -0.2) is 446 Å². The van der Waals surface area contributed by atoms with Gasteiger partial charge in [-0.2, -0.15) is 0 Å². The second-order valence-corrected chi connectivity index (χ2v) is 27.9. The van der Waals surface area contributed by atoms with Gasteiger partial charge < -0.3 is 218 Å². The molecule has 44 nitrogen and oxygen atoms in total.